The molecule has 0 bridgehead atoms. The van der Waals surface area contributed by atoms with Crippen LogP contribution in [0.25, 0.3) is 17.2 Å². The van der Waals surface area contributed by atoms with Gasteiger partial charge < -0.3 is 74.0 Å². The third-order valence-corrected chi connectivity index (χ3v) is 9.13. The highest BCUT2D eigenvalue weighted by atomic mass is 32.1. The van der Waals surface area contributed by atoms with Gasteiger partial charge in [0, 0.05) is 66.8 Å². The van der Waals surface area contributed by atoms with Crippen molar-refractivity contribution in [2.24, 2.45) is 16.5 Å². The lowest BCUT2D eigenvalue weighted by atomic mass is 10.1. The average molecular weight is 1090 g/mol. The molecule has 20 nitrogen and oxygen atoms in total. The molecule has 0 fully saturated rings. The molecule has 75 heavy (non-hydrogen) atoms. The molecular weight excluding hydrogens is 1020 g/mol. The predicted octanol–water partition coefficient (Wildman–Crippen LogP) is 5.03. The van der Waals surface area contributed by atoms with E-state index in [0.29, 0.717) is 138 Å². The standard InChI is InChI=1S/C29H47F4NO12.C15H14N4S.C4H9NO.C2H6O/c30-24-23-25(31)28(33)29(27(24)32)46-26(35)1-3-36-5-7-38-9-11-40-13-15-42-17-19-44-21-22-45-20-18-43-16-14-41-12-10-39-8-6-37-4-2-34;1-9-2-13-14(19-15(16)3-9)5-11(7-18-13)10-4-12(20)8-17-6-10;1-2-3-5-4-6;1-2-3/h23H,1-22,34H2;2,4-8,20H,3H2,1H3,(H2,16,19);4H,2-3H2,1H3,(H,5,6);3H,2H2,1H3. The summed E-state index contributed by atoms with van der Waals surface area (Å²) < 4.78 is 111. The van der Waals surface area contributed by atoms with Gasteiger partial charge >= 0.3 is 5.97 Å². The Bertz CT molecular complexity index is 2010. The van der Waals surface area contributed by atoms with Gasteiger partial charge in [0.15, 0.2) is 11.6 Å². The lowest BCUT2D eigenvalue weighted by molar-refractivity contribution is -0.136. The molecule has 0 saturated carbocycles. The molecule has 0 aliphatic carbocycles. The van der Waals surface area contributed by atoms with Crippen molar-refractivity contribution in [3.63, 3.8) is 0 Å². The number of hydrogen-bond donors (Lipinski definition) is 5. The number of carbonyl (C=O) groups excluding carboxylic acids is 2. The van der Waals surface area contributed by atoms with E-state index < -0.39 is 41.4 Å². The van der Waals surface area contributed by atoms with Crippen LogP contribution in [-0.4, -0.2) is 185 Å². The normalized spacial score (nSPS) is 11.6. The summed E-state index contributed by atoms with van der Waals surface area (Å²) in [5.41, 5.74) is 15.9. The van der Waals surface area contributed by atoms with Crippen molar-refractivity contribution in [1.82, 2.24) is 15.3 Å². The molecule has 2 aromatic heterocycles. The third-order valence-electron chi connectivity index (χ3n) is 8.89. The Labute approximate surface area is 442 Å². The van der Waals surface area contributed by atoms with Crippen LogP contribution in [0.1, 0.15) is 45.7 Å². The maximum atomic E-state index is 13.5. The zero-order valence-electron chi connectivity index (χ0n) is 43.2. The predicted molar refractivity (Wildman–Crippen MR) is 275 cm³/mol. The molecule has 1 amide bonds. The van der Waals surface area contributed by atoms with Gasteiger partial charge in [0.1, 0.15) is 5.84 Å². The van der Waals surface area contributed by atoms with Gasteiger partial charge in [0.05, 0.1) is 150 Å². The third kappa shape index (κ3) is 35.3. The molecule has 1 aromatic carbocycles. The zero-order valence-corrected chi connectivity index (χ0v) is 44.1. The lowest BCUT2D eigenvalue weighted by Gasteiger charge is -2.09. The average Bonchev–Trinajstić information content (AvgIpc) is 3.54. The molecule has 424 valence electrons. The second kappa shape index (κ2) is 46.6. The zero-order chi connectivity index (χ0) is 55.2. The summed E-state index contributed by atoms with van der Waals surface area (Å²) in [4.78, 5) is 35.0. The summed E-state index contributed by atoms with van der Waals surface area (Å²) in [7, 11) is 0. The van der Waals surface area contributed by atoms with E-state index in [0.717, 1.165) is 45.9 Å². The Morgan fingerprint density at radius 1 is 0.680 bits per heavy atom. The number of hydrogen-bond acceptors (Lipinski definition) is 20. The number of nitrogens with two attached hydrogens (primary N) is 2. The molecular formula is C50H76F4N6O14S. The molecule has 0 atom stereocenters. The lowest BCUT2D eigenvalue weighted by Crippen LogP contribution is -2.16. The van der Waals surface area contributed by atoms with E-state index in [1.54, 1.807) is 19.3 Å². The van der Waals surface area contributed by atoms with E-state index >= 15 is 0 Å². The number of aliphatic hydroxyl groups is 1. The van der Waals surface area contributed by atoms with Crippen LogP contribution in [0.15, 0.2) is 52.3 Å². The van der Waals surface area contributed by atoms with Gasteiger partial charge in [0.25, 0.3) is 0 Å². The topological polar surface area (TPSA) is 258 Å². The number of nitrogens with zero attached hydrogens (tertiary/aromatic N) is 3. The van der Waals surface area contributed by atoms with Gasteiger partial charge in [-0.2, -0.15) is 8.78 Å². The molecule has 6 N–H and O–H groups in total. The van der Waals surface area contributed by atoms with Crippen molar-refractivity contribution in [1.29, 1.82) is 0 Å². The van der Waals surface area contributed by atoms with Crippen LogP contribution in [0.3, 0.4) is 0 Å². The van der Waals surface area contributed by atoms with E-state index in [2.05, 4.69) is 37.6 Å². The van der Waals surface area contributed by atoms with Crippen LogP contribution >= 0.6 is 12.6 Å². The number of benzene rings is 1. The SMILES string of the molecule is CC1=Cc2ncc(-c3cncc(S)c3)cc2N=C(N)C1.CCCNC=O.CCO.NCCOCCOCCOCCOCCOCCOCCOCCOCCOCCOCCC(=O)Oc1c(F)c(F)cc(F)c1F. The number of pyridine rings is 2. The summed E-state index contributed by atoms with van der Waals surface area (Å²) in [5, 5.41) is 10.1. The second-order valence-corrected chi connectivity index (χ2v) is 15.7. The van der Waals surface area contributed by atoms with E-state index in [1.165, 1.54) is 0 Å². The maximum absolute atomic E-state index is 13.5. The number of amidine groups is 1. The number of esters is 1. The first-order valence-corrected chi connectivity index (χ1v) is 24.8. The fourth-order valence-electron chi connectivity index (χ4n) is 5.50. The number of carbonyl (C=O) groups is 2. The highest BCUT2D eigenvalue weighted by Gasteiger charge is 2.23. The van der Waals surface area contributed by atoms with Crippen LogP contribution in [0, 0.1) is 23.3 Å². The summed E-state index contributed by atoms with van der Waals surface area (Å²) in [6.07, 6.45) is 9.35. The summed E-state index contributed by atoms with van der Waals surface area (Å²) in [6, 6.07) is 3.95. The number of nitrogens with one attached hydrogen (secondary N) is 1. The molecule has 0 saturated heterocycles. The Morgan fingerprint density at radius 3 is 1.51 bits per heavy atom. The minimum absolute atomic E-state index is 0.0179. The van der Waals surface area contributed by atoms with E-state index in [9.17, 15) is 27.2 Å². The van der Waals surface area contributed by atoms with E-state index in [4.69, 9.17) is 63.9 Å². The van der Waals surface area contributed by atoms with Crippen LogP contribution in [0.4, 0.5) is 23.2 Å². The van der Waals surface area contributed by atoms with E-state index in [1.807, 2.05) is 38.3 Å². The largest absolute Gasteiger partial charge is 0.420 e. The van der Waals surface area contributed by atoms with Gasteiger partial charge in [-0.15, -0.1) is 12.6 Å². The van der Waals surface area contributed by atoms with Gasteiger partial charge in [-0.1, -0.05) is 12.5 Å². The second-order valence-electron chi connectivity index (χ2n) is 15.2. The molecule has 4 rings (SSSR count). The molecule has 3 aromatic rings. The Balaban J connectivity index is 0.000000782. The minimum atomic E-state index is -1.79. The monoisotopic (exact) mass is 1090 g/mol. The first kappa shape index (κ1) is 68.3. The van der Waals surface area contributed by atoms with Crippen LogP contribution in [0.5, 0.6) is 5.75 Å². The Hall–Kier alpha value is -4.74. The molecule has 25 heteroatoms. The molecule has 0 spiro atoms. The number of halogens is 4. The first-order chi connectivity index (χ1) is 36.4. The molecule has 0 unspecified atom stereocenters. The summed E-state index contributed by atoms with van der Waals surface area (Å²) in [5.74, 6) is -8.87. The number of fused-ring (bicyclic) bond motifs is 1. The number of aliphatic imine (C=N–C) groups is 1. The van der Waals surface area contributed by atoms with Gasteiger partial charge in [-0.25, -0.2) is 13.8 Å². The van der Waals surface area contributed by atoms with Gasteiger partial charge in [-0.05, 0) is 38.5 Å². The summed E-state index contributed by atoms with van der Waals surface area (Å²) >= 11 is 4.31. The number of amides is 1. The fourth-order valence-corrected chi connectivity index (χ4v) is 5.71. The highest BCUT2D eigenvalue weighted by Crippen LogP contribution is 2.30. The quantitative estimate of drug-likeness (QED) is 0.00965. The maximum Gasteiger partial charge on any atom is 0.313 e. The van der Waals surface area contributed by atoms with Crippen molar-refractivity contribution in [3.05, 3.63) is 71.3 Å². The fraction of sp³-hybridized carbons (Fsp3) is 0.580. The van der Waals surface area contributed by atoms with Crippen molar-refractivity contribution < 1.29 is 84.4 Å². The van der Waals surface area contributed by atoms with Crippen molar-refractivity contribution in [2.45, 2.75) is 44.9 Å². The van der Waals surface area contributed by atoms with Gasteiger partial charge in [0.2, 0.25) is 23.8 Å². The highest BCUT2D eigenvalue weighted by molar-refractivity contribution is 7.80. The van der Waals surface area contributed by atoms with Crippen LogP contribution in [0.2, 0.25) is 0 Å². The number of thiol groups is 1. The molecule has 1 aliphatic rings. The Morgan fingerprint density at radius 2 is 1.11 bits per heavy atom. The number of rotatable bonds is 37. The van der Waals surface area contributed by atoms with Crippen molar-refractivity contribution >= 4 is 42.6 Å². The van der Waals surface area contributed by atoms with Crippen LogP contribution in [-0.2, 0) is 57.0 Å². The minimum Gasteiger partial charge on any atom is -0.420 e. The Kier molecular flexibility index (Phi) is 42.4. The number of aromatic nitrogens is 2. The number of ether oxygens (including phenoxy) is 11. The van der Waals surface area contributed by atoms with Crippen LogP contribution < -0.4 is 21.5 Å². The first-order valence-electron chi connectivity index (χ1n) is 24.4. The van der Waals surface area contributed by atoms with Crippen molar-refractivity contribution in [2.75, 3.05) is 152 Å². The molecule has 0 radical (unpaired) electrons. The van der Waals surface area contributed by atoms with Gasteiger partial charge in [-0.3, -0.25) is 19.6 Å². The smallest absolute Gasteiger partial charge is 0.313 e. The molecule has 3 heterocycles. The molecule has 1 aliphatic heterocycles. The van der Waals surface area contributed by atoms with E-state index in [-0.39, 0.29) is 32.5 Å². The van der Waals surface area contributed by atoms with Crippen molar-refractivity contribution in [3.8, 4) is 16.9 Å². The number of aliphatic hydroxyl groups excluding tert-OH is 1. The summed E-state index contributed by atoms with van der Waals surface area (Å²) in [6.45, 7) is 15.1.